The van der Waals surface area contributed by atoms with E-state index in [2.05, 4.69) is 16.4 Å². The van der Waals surface area contributed by atoms with Gasteiger partial charge in [0.15, 0.2) is 5.11 Å². The van der Waals surface area contributed by atoms with E-state index in [-0.39, 0.29) is 5.91 Å². The largest absolute Gasteiger partial charge is 0.361 e. The van der Waals surface area contributed by atoms with Crippen molar-refractivity contribution >= 4 is 23.2 Å². The highest BCUT2D eigenvalue weighted by molar-refractivity contribution is 7.80. The molecule has 1 saturated heterocycles. The van der Waals surface area contributed by atoms with Gasteiger partial charge in [-0.2, -0.15) is 0 Å². The van der Waals surface area contributed by atoms with Gasteiger partial charge in [0.1, 0.15) is 0 Å². The number of pyridine rings is 1. The first-order chi connectivity index (χ1) is 12.2. The maximum absolute atomic E-state index is 12.9. The van der Waals surface area contributed by atoms with E-state index >= 15 is 0 Å². The van der Waals surface area contributed by atoms with E-state index in [9.17, 15) is 4.79 Å². The molecule has 2 aliphatic rings. The van der Waals surface area contributed by atoms with Crippen LogP contribution in [0.5, 0.6) is 0 Å². The minimum atomic E-state index is -0.0257. The van der Waals surface area contributed by atoms with Gasteiger partial charge in [0.25, 0.3) is 5.91 Å². The Morgan fingerprint density at radius 2 is 2.12 bits per heavy atom. The van der Waals surface area contributed by atoms with Crippen molar-refractivity contribution in [3.05, 3.63) is 41.2 Å². The number of allylic oxidation sites excluding steroid dienone is 1. The molecule has 2 heterocycles. The van der Waals surface area contributed by atoms with Crippen molar-refractivity contribution in [3.8, 4) is 0 Å². The molecule has 0 radical (unpaired) electrons. The van der Waals surface area contributed by atoms with Crippen LogP contribution in [-0.4, -0.2) is 45.7 Å². The molecule has 25 heavy (non-hydrogen) atoms. The van der Waals surface area contributed by atoms with Crippen molar-refractivity contribution in [3.63, 3.8) is 0 Å². The van der Waals surface area contributed by atoms with Crippen LogP contribution in [0.3, 0.4) is 0 Å². The molecule has 5 nitrogen and oxygen atoms in total. The number of amides is 1. The molecule has 1 aromatic heterocycles. The Morgan fingerprint density at radius 3 is 2.88 bits per heavy atom. The van der Waals surface area contributed by atoms with E-state index < -0.39 is 0 Å². The third-order valence-corrected chi connectivity index (χ3v) is 5.20. The Balaban J connectivity index is 1.57. The van der Waals surface area contributed by atoms with Gasteiger partial charge in [0, 0.05) is 25.8 Å². The lowest BCUT2D eigenvalue weighted by atomic mass is 9.97. The molecule has 6 heteroatoms. The standard InChI is InChI=1S/C19H26N4OS/c1-15-17(9-5-11-20-15)18(24)22-13-6-14-23(22)19(25)21-12-10-16-7-3-2-4-8-16/h5,7,9,11H,2-4,6,8,10,12-14H2,1H3,(H,21,25). The summed E-state index contributed by atoms with van der Waals surface area (Å²) in [4.78, 5) is 17.1. The fourth-order valence-electron chi connectivity index (χ4n) is 3.44. The summed E-state index contributed by atoms with van der Waals surface area (Å²) in [6, 6.07) is 3.63. The van der Waals surface area contributed by atoms with Crippen LogP contribution in [0, 0.1) is 6.92 Å². The van der Waals surface area contributed by atoms with Gasteiger partial charge >= 0.3 is 0 Å². The molecule has 1 fully saturated rings. The number of hydrogen-bond donors (Lipinski definition) is 1. The van der Waals surface area contributed by atoms with Crippen molar-refractivity contribution in [1.29, 1.82) is 0 Å². The molecule has 0 bridgehead atoms. The van der Waals surface area contributed by atoms with Crippen LogP contribution in [0.25, 0.3) is 0 Å². The van der Waals surface area contributed by atoms with Crippen LogP contribution < -0.4 is 5.32 Å². The number of aryl methyl sites for hydroxylation is 1. The number of rotatable bonds is 4. The van der Waals surface area contributed by atoms with E-state index in [0.717, 1.165) is 31.6 Å². The first-order valence-electron chi connectivity index (χ1n) is 9.13. The van der Waals surface area contributed by atoms with Gasteiger partial charge in [-0.15, -0.1) is 0 Å². The SMILES string of the molecule is Cc1ncccc1C(=O)N1CCCN1C(=S)NCCC1=CCCCC1. The summed E-state index contributed by atoms with van der Waals surface area (Å²) in [5.74, 6) is -0.0257. The molecule has 1 aliphatic carbocycles. The Bertz CT molecular complexity index is 673. The van der Waals surface area contributed by atoms with E-state index in [1.165, 1.54) is 31.3 Å². The average Bonchev–Trinajstić information content (AvgIpc) is 3.12. The minimum Gasteiger partial charge on any atom is -0.361 e. The molecule has 0 unspecified atom stereocenters. The highest BCUT2D eigenvalue weighted by atomic mass is 32.1. The summed E-state index contributed by atoms with van der Waals surface area (Å²) < 4.78 is 0. The lowest BCUT2D eigenvalue weighted by Crippen LogP contribution is -2.49. The number of thiocarbonyl (C=S) groups is 1. The molecule has 0 aromatic carbocycles. The van der Waals surface area contributed by atoms with Crippen molar-refractivity contribution in [2.45, 2.75) is 45.4 Å². The monoisotopic (exact) mass is 358 g/mol. The minimum absolute atomic E-state index is 0.0257. The molecule has 1 N–H and O–H groups in total. The molecule has 1 aromatic rings. The van der Waals surface area contributed by atoms with Crippen molar-refractivity contribution in [2.75, 3.05) is 19.6 Å². The Labute approximate surface area is 155 Å². The second-order valence-electron chi connectivity index (χ2n) is 6.63. The Morgan fingerprint density at radius 1 is 1.28 bits per heavy atom. The first-order valence-corrected chi connectivity index (χ1v) is 9.54. The third-order valence-electron chi connectivity index (χ3n) is 4.84. The summed E-state index contributed by atoms with van der Waals surface area (Å²) in [6.07, 6.45) is 11.1. The number of nitrogens with one attached hydrogen (secondary N) is 1. The third kappa shape index (κ3) is 4.37. The van der Waals surface area contributed by atoms with Crippen molar-refractivity contribution in [1.82, 2.24) is 20.3 Å². The van der Waals surface area contributed by atoms with Crippen LogP contribution in [0.4, 0.5) is 0 Å². The van der Waals surface area contributed by atoms with Crippen LogP contribution in [0.2, 0.25) is 0 Å². The topological polar surface area (TPSA) is 48.5 Å². The fourth-order valence-corrected chi connectivity index (χ4v) is 3.73. The lowest BCUT2D eigenvalue weighted by molar-refractivity contribution is 0.0490. The van der Waals surface area contributed by atoms with Crippen molar-refractivity contribution < 1.29 is 4.79 Å². The van der Waals surface area contributed by atoms with Gasteiger partial charge in [-0.1, -0.05) is 11.6 Å². The van der Waals surface area contributed by atoms with Crippen LogP contribution in [0.15, 0.2) is 30.0 Å². The average molecular weight is 359 g/mol. The van der Waals surface area contributed by atoms with Gasteiger partial charge < -0.3 is 5.32 Å². The molecule has 0 atom stereocenters. The molecule has 0 spiro atoms. The predicted octanol–water partition coefficient (Wildman–Crippen LogP) is 3.22. The first kappa shape index (κ1) is 17.9. The highest BCUT2D eigenvalue weighted by Crippen LogP contribution is 2.20. The van der Waals surface area contributed by atoms with Crippen LogP contribution >= 0.6 is 12.2 Å². The number of carbonyl (C=O) groups excluding carboxylic acids is 1. The maximum atomic E-state index is 12.9. The van der Waals surface area contributed by atoms with Gasteiger partial charge in [0.05, 0.1) is 11.3 Å². The maximum Gasteiger partial charge on any atom is 0.274 e. The molecule has 0 saturated carbocycles. The molecular formula is C19H26N4OS. The van der Waals surface area contributed by atoms with Gasteiger partial charge in [-0.3, -0.25) is 14.8 Å². The number of hydrazine groups is 1. The number of aromatic nitrogens is 1. The molecule has 1 amide bonds. The Hall–Kier alpha value is -1.95. The smallest absolute Gasteiger partial charge is 0.274 e. The lowest BCUT2D eigenvalue weighted by Gasteiger charge is -2.30. The molecule has 3 rings (SSSR count). The number of nitrogens with zero attached hydrogens (tertiary/aromatic N) is 3. The normalized spacial score (nSPS) is 17.4. The molecule has 134 valence electrons. The van der Waals surface area contributed by atoms with E-state index in [0.29, 0.717) is 17.2 Å². The summed E-state index contributed by atoms with van der Waals surface area (Å²) in [5.41, 5.74) is 2.92. The molecule has 1 aliphatic heterocycles. The number of carbonyl (C=O) groups is 1. The zero-order valence-electron chi connectivity index (χ0n) is 14.8. The Kier molecular flexibility index (Phi) is 6.02. The van der Waals surface area contributed by atoms with Crippen molar-refractivity contribution in [2.24, 2.45) is 0 Å². The van der Waals surface area contributed by atoms with E-state index in [4.69, 9.17) is 12.2 Å². The molecular weight excluding hydrogens is 332 g/mol. The van der Waals surface area contributed by atoms with E-state index in [1.54, 1.807) is 17.3 Å². The summed E-state index contributed by atoms with van der Waals surface area (Å²) in [5, 5.41) is 7.62. The zero-order chi connectivity index (χ0) is 17.6. The van der Waals surface area contributed by atoms with Crippen LogP contribution in [-0.2, 0) is 0 Å². The summed E-state index contributed by atoms with van der Waals surface area (Å²) >= 11 is 5.55. The second kappa shape index (κ2) is 8.43. The fraction of sp³-hybridized carbons (Fsp3) is 0.526. The van der Waals surface area contributed by atoms with Gasteiger partial charge in [-0.05, 0) is 69.8 Å². The second-order valence-corrected chi connectivity index (χ2v) is 7.02. The van der Waals surface area contributed by atoms with Gasteiger partial charge in [0.2, 0.25) is 0 Å². The summed E-state index contributed by atoms with van der Waals surface area (Å²) in [7, 11) is 0. The number of hydrogen-bond acceptors (Lipinski definition) is 3. The van der Waals surface area contributed by atoms with Gasteiger partial charge in [-0.25, -0.2) is 5.01 Å². The zero-order valence-corrected chi connectivity index (χ0v) is 15.6. The van der Waals surface area contributed by atoms with Crippen LogP contribution in [0.1, 0.15) is 54.6 Å². The van der Waals surface area contributed by atoms with E-state index in [1.807, 2.05) is 18.0 Å². The predicted molar refractivity (Wildman–Crippen MR) is 103 cm³/mol. The summed E-state index contributed by atoms with van der Waals surface area (Å²) in [6.45, 7) is 4.16. The quantitative estimate of drug-likeness (QED) is 0.661. The highest BCUT2D eigenvalue weighted by Gasteiger charge is 2.30.